The average molecular weight is 236 g/mol. The van der Waals surface area contributed by atoms with Crippen molar-refractivity contribution in [1.82, 2.24) is 15.1 Å². The molecule has 0 bridgehead atoms. The van der Waals surface area contributed by atoms with Gasteiger partial charge in [0.2, 0.25) is 5.91 Å². The number of carbonyl (C=O) groups excluding carboxylic acids is 1. The van der Waals surface area contributed by atoms with E-state index in [0.29, 0.717) is 12.4 Å². The van der Waals surface area contributed by atoms with Crippen molar-refractivity contribution in [2.24, 2.45) is 12.5 Å². The van der Waals surface area contributed by atoms with Crippen molar-refractivity contribution in [1.29, 1.82) is 0 Å². The molecule has 0 atom stereocenters. The van der Waals surface area contributed by atoms with Crippen LogP contribution in [0, 0.1) is 5.41 Å². The first-order valence-corrected chi connectivity index (χ1v) is 6.07. The van der Waals surface area contributed by atoms with E-state index in [0.717, 1.165) is 31.2 Å². The number of amides is 1. The van der Waals surface area contributed by atoms with E-state index in [1.807, 2.05) is 6.92 Å². The van der Waals surface area contributed by atoms with Gasteiger partial charge in [-0.3, -0.25) is 9.48 Å². The van der Waals surface area contributed by atoms with Crippen LogP contribution in [0.25, 0.3) is 0 Å². The second-order valence-electron chi connectivity index (χ2n) is 5.13. The zero-order valence-electron chi connectivity index (χ0n) is 10.5. The smallest absolute Gasteiger partial charge is 0.226 e. The molecule has 94 valence electrons. The first-order chi connectivity index (χ1) is 8.03. The van der Waals surface area contributed by atoms with E-state index in [2.05, 4.69) is 10.4 Å². The van der Waals surface area contributed by atoms with Gasteiger partial charge >= 0.3 is 0 Å². The molecule has 1 aromatic rings. The molecule has 1 fully saturated rings. The molecule has 1 aromatic heterocycles. The van der Waals surface area contributed by atoms with Crippen LogP contribution in [0.1, 0.15) is 38.2 Å². The van der Waals surface area contributed by atoms with Gasteiger partial charge in [-0.05, 0) is 12.8 Å². The molecular weight excluding hydrogens is 216 g/mol. The maximum absolute atomic E-state index is 12.1. The zero-order chi connectivity index (χ0) is 12.5. The molecule has 2 rings (SSSR count). The van der Waals surface area contributed by atoms with Gasteiger partial charge in [0.15, 0.2) is 0 Å². The molecule has 0 radical (unpaired) electrons. The minimum Gasteiger partial charge on any atom is -0.384 e. The third-order valence-corrected chi connectivity index (χ3v) is 3.76. The Morgan fingerprint density at radius 3 is 2.76 bits per heavy atom. The fourth-order valence-electron chi connectivity index (χ4n) is 2.40. The minimum atomic E-state index is -0.184. The summed E-state index contributed by atoms with van der Waals surface area (Å²) in [5, 5.41) is 7.01. The van der Waals surface area contributed by atoms with Crippen molar-refractivity contribution in [2.45, 2.75) is 39.2 Å². The van der Waals surface area contributed by atoms with E-state index in [-0.39, 0.29) is 11.3 Å². The van der Waals surface area contributed by atoms with Crippen LogP contribution in [-0.2, 0) is 18.4 Å². The summed E-state index contributed by atoms with van der Waals surface area (Å²) in [5.74, 6) is 0.750. The molecule has 0 aromatic carbocycles. The highest BCUT2D eigenvalue weighted by Gasteiger charge is 2.35. The Kier molecular flexibility index (Phi) is 3.09. The van der Waals surface area contributed by atoms with E-state index >= 15 is 0 Å². The van der Waals surface area contributed by atoms with E-state index < -0.39 is 0 Å². The Morgan fingerprint density at radius 2 is 2.24 bits per heavy atom. The van der Waals surface area contributed by atoms with Gasteiger partial charge in [0.05, 0.1) is 6.20 Å². The minimum absolute atomic E-state index is 0.137. The van der Waals surface area contributed by atoms with Gasteiger partial charge in [-0.2, -0.15) is 5.10 Å². The first-order valence-electron chi connectivity index (χ1n) is 6.07. The number of nitrogens with two attached hydrogens (primary N) is 1. The van der Waals surface area contributed by atoms with Crippen LogP contribution in [0.15, 0.2) is 6.20 Å². The fraction of sp³-hybridized carbons (Fsp3) is 0.667. The summed E-state index contributed by atoms with van der Waals surface area (Å²) in [7, 11) is 1.79. The lowest BCUT2D eigenvalue weighted by Crippen LogP contribution is -2.36. The van der Waals surface area contributed by atoms with Crippen molar-refractivity contribution in [3.05, 3.63) is 11.8 Å². The summed E-state index contributed by atoms with van der Waals surface area (Å²) in [6.45, 7) is 2.51. The number of rotatable bonds is 3. The van der Waals surface area contributed by atoms with Crippen LogP contribution >= 0.6 is 0 Å². The molecule has 5 nitrogen and oxygen atoms in total. The highest BCUT2D eigenvalue weighted by Crippen LogP contribution is 2.37. The zero-order valence-corrected chi connectivity index (χ0v) is 10.5. The Morgan fingerprint density at radius 1 is 1.59 bits per heavy atom. The van der Waals surface area contributed by atoms with E-state index in [4.69, 9.17) is 5.73 Å². The number of anilines is 1. The topological polar surface area (TPSA) is 72.9 Å². The van der Waals surface area contributed by atoms with Crippen LogP contribution in [0.3, 0.4) is 0 Å². The number of carbonyl (C=O) groups is 1. The largest absolute Gasteiger partial charge is 0.384 e. The van der Waals surface area contributed by atoms with Crippen LogP contribution in [0.4, 0.5) is 5.82 Å². The Hall–Kier alpha value is -1.52. The van der Waals surface area contributed by atoms with E-state index in [9.17, 15) is 4.79 Å². The Bertz CT molecular complexity index is 418. The third kappa shape index (κ3) is 2.28. The molecule has 1 aliphatic carbocycles. The number of hydrogen-bond acceptors (Lipinski definition) is 3. The van der Waals surface area contributed by atoms with Crippen molar-refractivity contribution >= 4 is 11.7 Å². The quantitative estimate of drug-likeness (QED) is 0.828. The maximum Gasteiger partial charge on any atom is 0.226 e. The third-order valence-electron chi connectivity index (χ3n) is 3.76. The van der Waals surface area contributed by atoms with Gasteiger partial charge in [-0.25, -0.2) is 0 Å². The van der Waals surface area contributed by atoms with Crippen molar-refractivity contribution in [2.75, 3.05) is 5.73 Å². The normalized spacial score (nSPS) is 18.2. The van der Waals surface area contributed by atoms with Gasteiger partial charge in [-0.1, -0.05) is 19.8 Å². The summed E-state index contributed by atoms with van der Waals surface area (Å²) in [6.07, 6.45) is 5.98. The van der Waals surface area contributed by atoms with Gasteiger partial charge < -0.3 is 11.1 Å². The molecule has 0 spiro atoms. The second kappa shape index (κ2) is 4.39. The number of aryl methyl sites for hydroxylation is 1. The molecule has 0 unspecified atom stereocenters. The number of hydrogen-bond donors (Lipinski definition) is 2. The average Bonchev–Trinajstić information content (AvgIpc) is 2.87. The lowest BCUT2D eigenvalue weighted by atomic mass is 9.88. The van der Waals surface area contributed by atoms with Crippen LogP contribution in [-0.4, -0.2) is 15.7 Å². The second-order valence-corrected chi connectivity index (χ2v) is 5.13. The molecule has 5 heteroatoms. The molecule has 1 heterocycles. The monoisotopic (exact) mass is 236 g/mol. The lowest BCUT2D eigenvalue weighted by molar-refractivity contribution is -0.130. The maximum atomic E-state index is 12.1. The number of nitrogens with one attached hydrogen (secondary N) is 1. The molecule has 17 heavy (non-hydrogen) atoms. The van der Waals surface area contributed by atoms with Crippen molar-refractivity contribution in [3.8, 4) is 0 Å². The Balaban J connectivity index is 1.94. The molecule has 0 aliphatic heterocycles. The van der Waals surface area contributed by atoms with Crippen LogP contribution < -0.4 is 11.1 Å². The molecule has 1 amide bonds. The molecule has 1 aliphatic rings. The lowest BCUT2D eigenvalue weighted by Gasteiger charge is -2.22. The van der Waals surface area contributed by atoms with E-state index in [1.54, 1.807) is 17.9 Å². The summed E-state index contributed by atoms with van der Waals surface area (Å²) >= 11 is 0. The predicted octanol–water partition coefficient (Wildman–Crippen LogP) is 1.20. The SMILES string of the molecule is Cn1ncc(CNC(=O)C2(C)CCCC2)c1N. The van der Waals surface area contributed by atoms with Crippen molar-refractivity contribution < 1.29 is 4.79 Å². The van der Waals surface area contributed by atoms with Crippen LogP contribution in [0.2, 0.25) is 0 Å². The molecular formula is C12H20N4O. The van der Waals surface area contributed by atoms with Crippen LogP contribution in [0.5, 0.6) is 0 Å². The molecule has 3 N–H and O–H groups in total. The van der Waals surface area contributed by atoms with Crippen molar-refractivity contribution in [3.63, 3.8) is 0 Å². The fourth-order valence-corrected chi connectivity index (χ4v) is 2.40. The first kappa shape index (κ1) is 12.0. The Labute approximate surface area is 101 Å². The summed E-state index contributed by atoms with van der Waals surface area (Å²) in [5.41, 5.74) is 6.52. The highest BCUT2D eigenvalue weighted by atomic mass is 16.2. The highest BCUT2D eigenvalue weighted by molar-refractivity contribution is 5.82. The van der Waals surface area contributed by atoms with Gasteiger partial charge in [0, 0.05) is 24.6 Å². The summed E-state index contributed by atoms with van der Waals surface area (Å²) in [4.78, 5) is 12.1. The number of nitrogen functional groups attached to an aromatic ring is 1. The molecule has 1 saturated carbocycles. The standard InChI is InChI=1S/C12H20N4O/c1-12(5-3-4-6-12)11(17)14-7-9-8-15-16(2)10(9)13/h8H,3-7,13H2,1-2H3,(H,14,17). The van der Waals surface area contributed by atoms with E-state index in [1.165, 1.54) is 0 Å². The molecule has 0 saturated heterocycles. The number of nitrogens with zero attached hydrogens (tertiary/aromatic N) is 2. The number of aromatic nitrogens is 2. The summed E-state index contributed by atoms with van der Waals surface area (Å²) in [6, 6.07) is 0. The van der Waals surface area contributed by atoms with Gasteiger partial charge in [-0.15, -0.1) is 0 Å². The van der Waals surface area contributed by atoms with Gasteiger partial charge in [0.25, 0.3) is 0 Å². The summed E-state index contributed by atoms with van der Waals surface area (Å²) < 4.78 is 1.61. The predicted molar refractivity (Wildman–Crippen MR) is 66.0 cm³/mol. The van der Waals surface area contributed by atoms with Gasteiger partial charge in [0.1, 0.15) is 5.82 Å².